The number of benzene rings is 1. The summed E-state index contributed by atoms with van der Waals surface area (Å²) in [6.45, 7) is 0. The Bertz CT molecular complexity index is 319. The van der Waals surface area contributed by atoms with E-state index in [-0.39, 0.29) is 11.9 Å². The first-order valence-electron chi connectivity index (χ1n) is 4.80. The molecule has 0 radical (unpaired) electrons. The van der Waals surface area contributed by atoms with Crippen LogP contribution in [0, 0.1) is 5.82 Å². The molecular weight excluding hydrogens is 233 g/mol. The summed E-state index contributed by atoms with van der Waals surface area (Å²) in [5.74, 6) is 0.789. The van der Waals surface area contributed by atoms with Crippen LogP contribution in [0.4, 0.5) is 4.39 Å². The van der Waals surface area contributed by atoms with Crippen LogP contribution in [0.3, 0.4) is 0 Å². The van der Waals surface area contributed by atoms with Crippen molar-refractivity contribution in [1.29, 1.82) is 0 Å². The van der Waals surface area contributed by atoms with Crippen molar-refractivity contribution in [2.45, 2.75) is 12.5 Å². The van der Waals surface area contributed by atoms with Crippen LogP contribution in [0.15, 0.2) is 18.2 Å². The maximum Gasteiger partial charge on any atom is 0.123 e. The molecular formula is C11H15ClFNS. The average Bonchev–Trinajstić information content (AvgIpc) is 2.24. The Balaban J connectivity index is 2.85. The van der Waals surface area contributed by atoms with E-state index >= 15 is 0 Å². The summed E-state index contributed by atoms with van der Waals surface area (Å²) in [5, 5.41) is 3.78. The van der Waals surface area contributed by atoms with Gasteiger partial charge in [0.05, 0.1) is 0 Å². The van der Waals surface area contributed by atoms with Crippen molar-refractivity contribution in [2.24, 2.45) is 0 Å². The molecule has 1 nitrogen and oxygen atoms in total. The zero-order valence-corrected chi connectivity index (χ0v) is 10.5. The van der Waals surface area contributed by atoms with Gasteiger partial charge in [-0.2, -0.15) is 11.8 Å². The third kappa shape index (κ3) is 3.67. The number of hydrogen-bond acceptors (Lipinski definition) is 2. The molecule has 0 aliphatic rings. The third-order valence-corrected chi connectivity index (χ3v) is 3.28. The van der Waals surface area contributed by atoms with E-state index in [4.69, 9.17) is 11.6 Å². The van der Waals surface area contributed by atoms with E-state index in [1.54, 1.807) is 17.8 Å². The Hall–Kier alpha value is -0.250. The molecule has 4 heteroatoms. The lowest BCUT2D eigenvalue weighted by Crippen LogP contribution is -2.17. The van der Waals surface area contributed by atoms with Gasteiger partial charge in [0.1, 0.15) is 5.82 Å². The molecule has 1 atom stereocenters. The van der Waals surface area contributed by atoms with Crippen LogP contribution in [0.25, 0.3) is 0 Å². The van der Waals surface area contributed by atoms with E-state index in [0.717, 1.165) is 17.7 Å². The molecule has 1 aromatic rings. The first-order valence-corrected chi connectivity index (χ1v) is 6.57. The molecule has 0 spiro atoms. The Morgan fingerprint density at radius 2 is 2.27 bits per heavy atom. The van der Waals surface area contributed by atoms with Gasteiger partial charge in [-0.3, -0.25) is 0 Å². The number of hydrogen-bond donors (Lipinski definition) is 1. The van der Waals surface area contributed by atoms with Gasteiger partial charge in [-0.25, -0.2) is 4.39 Å². The van der Waals surface area contributed by atoms with Crippen LogP contribution in [-0.4, -0.2) is 19.1 Å². The molecule has 0 aliphatic heterocycles. The predicted molar refractivity (Wildman–Crippen MR) is 66.2 cm³/mol. The highest BCUT2D eigenvalue weighted by Gasteiger charge is 2.13. The van der Waals surface area contributed by atoms with Crippen LogP contribution in [-0.2, 0) is 0 Å². The standard InChI is InChI=1S/C11H15ClFNS/c1-14-11(5-6-15-2)9-7-8(13)3-4-10(9)12/h3-4,7,11,14H,5-6H2,1-2H3. The van der Waals surface area contributed by atoms with Gasteiger partial charge >= 0.3 is 0 Å². The molecule has 0 bridgehead atoms. The molecule has 0 aliphatic carbocycles. The summed E-state index contributed by atoms with van der Waals surface area (Å²) in [4.78, 5) is 0. The van der Waals surface area contributed by atoms with Crippen molar-refractivity contribution in [2.75, 3.05) is 19.1 Å². The van der Waals surface area contributed by atoms with Crippen molar-refractivity contribution < 1.29 is 4.39 Å². The average molecular weight is 248 g/mol. The highest BCUT2D eigenvalue weighted by atomic mass is 35.5. The van der Waals surface area contributed by atoms with Gasteiger partial charge in [-0.15, -0.1) is 0 Å². The minimum Gasteiger partial charge on any atom is -0.313 e. The van der Waals surface area contributed by atoms with Crippen molar-refractivity contribution in [3.63, 3.8) is 0 Å². The zero-order valence-electron chi connectivity index (χ0n) is 8.89. The van der Waals surface area contributed by atoms with E-state index in [0.29, 0.717) is 5.02 Å². The van der Waals surface area contributed by atoms with Crippen molar-refractivity contribution in [3.8, 4) is 0 Å². The topological polar surface area (TPSA) is 12.0 Å². The fourth-order valence-corrected chi connectivity index (χ4v) is 2.19. The van der Waals surface area contributed by atoms with E-state index in [2.05, 4.69) is 11.6 Å². The normalized spacial score (nSPS) is 12.8. The van der Waals surface area contributed by atoms with E-state index in [9.17, 15) is 4.39 Å². The van der Waals surface area contributed by atoms with E-state index < -0.39 is 0 Å². The summed E-state index contributed by atoms with van der Waals surface area (Å²) in [6.07, 6.45) is 3.00. The maximum atomic E-state index is 13.1. The molecule has 0 amide bonds. The fourth-order valence-electron chi connectivity index (χ4n) is 1.47. The van der Waals surface area contributed by atoms with Crippen molar-refractivity contribution >= 4 is 23.4 Å². The van der Waals surface area contributed by atoms with Crippen LogP contribution in [0.1, 0.15) is 18.0 Å². The summed E-state index contributed by atoms with van der Waals surface area (Å²) >= 11 is 7.81. The molecule has 1 aromatic carbocycles. The third-order valence-electron chi connectivity index (χ3n) is 2.29. The molecule has 1 rings (SSSR count). The molecule has 0 heterocycles. The Labute approximate surface area is 99.4 Å². The monoisotopic (exact) mass is 247 g/mol. The van der Waals surface area contributed by atoms with Gasteiger partial charge in [0.2, 0.25) is 0 Å². The second-order valence-corrected chi connectivity index (χ2v) is 4.68. The van der Waals surface area contributed by atoms with E-state index in [1.807, 2.05) is 7.05 Å². The molecule has 0 saturated heterocycles. The molecule has 0 saturated carbocycles. The van der Waals surface area contributed by atoms with Gasteiger partial charge in [0.15, 0.2) is 0 Å². The quantitative estimate of drug-likeness (QED) is 0.855. The first kappa shape index (κ1) is 12.8. The molecule has 0 aromatic heterocycles. The van der Waals surface area contributed by atoms with E-state index in [1.165, 1.54) is 12.1 Å². The lowest BCUT2D eigenvalue weighted by Gasteiger charge is -2.17. The summed E-state index contributed by atoms with van der Waals surface area (Å²) in [6, 6.07) is 4.62. The summed E-state index contributed by atoms with van der Waals surface area (Å²) in [7, 11) is 1.87. The zero-order chi connectivity index (χ0) is 11.3. The second-order valence-electron chi connectivity index (χ2n) is 3.29. The van der Waals surface area contributed by atoms with Gasteiger partial charge in [0, 0.05) is 11.1 Å². The van der Waals surface area contributed by atoms with Crippen molar-refractivity contribution in [1.82, 2.24) is 5.32 Å². The van der Waals surface area contributed by atoms with Gasteiger partial charge in [-0.05, 0) is 49.2 Å². The number of rotatable bonds is 5. The predicted octanol–water partition coefficient (Wildman–Crippen LogP) is 3.49. The van der Waals surface area contributed by atoms with Gasteiger partial charge in [0.25, 0.3) is 0 Å². The molecule has 1 unspecified atom stereocenters. The lowest BCUT2D eigenvalue weighted by atomic mass is 10.0. The smallest absolute Gasteiger partial charge is 0.123 e. The molecule has 15 heavy (non-hydrogen) atoms. The highest BCUT2D eigenvalue weighted by Crippen LogP contribution is 2.26. The largest absolute Gasteiger partial charge is 0.313 e. The fraction of sp³-hybridized carbons (Fsp3) is 0.455. The van der Waals surface area contributed by atoms with Crippen LogP contribution < -0.4 is 5.32 Å². The van der Waals surface area contributed by atoms with Gasteiger partial charge < -0.3 is 5.32 Å². The maximum absolute atomic E-state index is 13.1. The molecule has 84 valence electrons. The summed E-state index contributed by atoms with van der Waals surface area (Å²) < 4.78 is 13.1. The van der Waals surface area contributed by atoms with Crippen molar-refractivity contribution in [3.05, 3.63) is 34.6 Å². The van der Waals surface area contributed by atoms with Crippen LogP contribution in [0.2, 0.25) is 5.02 Å². The number of halogens is 2. The van der Waals surface area contributed by atoms with Crippen LogP contribution >= 0.6 is 23.4 Å². The lowest BCUT2D eigenvalue weighted by molar-refractivity contribution is 0.569. The summed E-state index contributed by atoms with van der Waals surface area (Å²) in [5.41, 5.74) is 0.841. The highest BCUT2D eigenvalue weighted by molar-refractivity contribution is 7.98. The van der Waals surface area contributed by atoms with Gasteiger partial charge in [-0.1, -0.05) is 11.6 Å². The number of thioether (sulfide) groups is 1. The second kappa shape index (κ2) is 6.36. The molecule has 0 fully saturated rings. The minimum atomic E-state index is -0.237. The van der Waals surface area contributed by atoms with Crippen LogP contribution in [0.5, 0.6) is 0 Å². The Morgan fingerprint density at radius 3 is 2.87 bits per heavy atom. The Morgan fingerprint density at radius 1 is 1.53 bits per heavy atom. The molecule has 1 N–H and O–H groups in total. The SMILES string of the molecule is CNC(CCSC)c1cc(F)ccc1Cl. The Kier molecular flexibility index (Phi) is 5.43. The number of nitrogens with one attached hydrogen (secondary N) is 1. The minimum absolute atomic E-state index is 0.126. The first-order chi connectivity index (χ1) is 7.19.